The first-order valence-corrected chi connectivity index (χ1v) is 6.37. The first kappa shape index (κ1) is 14.5. The quantitative estimate of drug-likeness (QED) is 0.811. The number of ether oxygens (including phenoxy) is 1. The van der Waals surface area contributed by atoms with E-state index in [1.807, 2.05) is 0 Å². The van der Waals surface area contributed by atoms with Gasteiger partial charge in [0.25, 0.3) is 5.91 Å². The van der Waals surface area contributed by atoms with Crippen molar-refractivity contribution in [2.24, 2.45) is 0 Å². The van der Waals surface area contributed by atoms with E-state index in [1.54, 1.807) is 0 Å². The zero-order chi connectivity index (χ0) is 14.4. The minimum absolute atomic E-state index is 0.0395. The lowest BCUT2D eigenvalue weighted by atomic mass is 10.1. The van der Waals surface area contributed by atoms with E-state index in [1.165, 1.54) is 29.8 Å². The SMILES string of the molecule is O=C(NCC1=CCNCC1)c1ccc(OC(F)F)cc1. The van der Waals surface area contributed by atoms with Gasteiger partial charge >= 0.3 is 6.61 Å². The molecule has 2 rings (SSSR count). The van der Waals surface area contributed by atoms with Crippen LogP contribution in [0.2, 0.25) is 0 Å². The highest BCUT2D eigenvalue weighted by molar-refractivity contribution is 5.94. The first-order valence-electron chi connectivity index (χ1n) is 6.37. The van der Waals surface area contributed by atoms with Gasteiger partial charge in [-0.25, -0.2) is 0 Å². The number of halogens is 2. The van der Waals surface area contributed by atoms with Crippen molar-refractivity contribution in [3.05, 3.63) is 41.5 Å². The highest BCUT2D eigenvalue weighted by Crippen LogP contribution is 2.15. The van der Waals surface area contributed by atoms with E-state index in [9.17, 15) is 13.6 Å². The number of hydrogen-bond donors (Lipinski definition) is 2. The highest BCUT2D eigenvalue weighted by atomic mass is 19.3. The van der Waals surface area contributed by atoms with Gasteiger partial charge in [-0.1, -0.05) is 11.6 Å². The van der Waals surface area contributed by atoms with Crippen molar-refractivity contribution in [1.29, 1.82) is 0 Å². The van der Waals surface area contributed by atoms with Gasteiger partial charge < -0.3 is 15.4 Å². The van der Waals surface area contributed by atoms with E-state index in [-0.39, 0.29) is 11.7 Å². The molecule has 108 valence electrons. The lowest BCUT2D eigenvalue weighted by Crippen LogP contribution is -2.29. The van der Waals surface area contributed by atoms with Gasteiger partial charge in [0.2, 0.25) is 0 Å². The minimum atomic E-state index is -2.86. The van der Waals surface area contributed by atoms with Gasteiger partial charge in [-0.3, -0.25) is 4.79 Å². The zero-order valence-electron chi connectivity index (χ0n) is 10.9. The molecule has 0 unspecified atom stereocenters. The van der Waals surface area contributed by atoms with Gasteiger partial charge in [0.05, 0.1) is 0 Å². The molecule has 1 amide bonds. The van der Waals surface area contributed by atoms with Gasteiger partial charge in [0.15, 0.2) is 0 Å². The van der Waals surface area contributed by atoms with Crippen LogP contribution >= 0.6 is 0 Å². The molecule has 0 saturated heterocycles. The molecule has 0 bridgehead atoms. The fourth-order valence-electron chi connectivity index (χ4n) is 1.91. The van der Waals surface area contributed by atoms with E-state index < -0.39 is 6.61 Å². The second-order valence-corrected chi connectivity index (χ2v) is 4.40. The van der Waals surface area contributed by atoms with Crippen molar-refractivity contribution in [2.45, 2.75) is 13.0 Å². The number of carbonyl (C=O) groups is 1. The molecular weight excluding hydrogens is 266 g/mol. The highest BCUT2D eigenvalue weighted by Gasteiger charge is 2.09. The molecule has 1 aliphatic rings. The van der Waals surface area contributed by atoms with Crippen LogP contribution in [0.15, 0.2) is 35.9 Å². The maximum atomic E-state index is 12.0. The van der Waals surface area contributed by atoms with Crippen molar-refractivity contribution in [1.82, 2.24) is 10.6 Å². The van der Waals surface area contributed by atoms with Crippen LogP contribution < -0.4 is 15.4 Å². The van der Waals surface area contributed by atoms with E-state index >= 15 is 0 Å². The predicted molar refractivity (Wildman–Crippen MR) is 71.0 cm³/mol. The fourth-order valence-corrected chi connectivity index (χ4v) is 1.91. The Hall–Kier alpha value is -1.95. The molecule has 1 aromatic carbocycles. The molecule has 20 heavy (non-hydrogen) atoms. The molecule has 0 atom stereocenters. The second kappa shape index (κ2) is 7.00. The minimum Gasteiger partial charge on any atom is -0.435 e. The van der Waals surface area contributed by atoms with Crippen LogP contribution in [0.5, 0.6) is 5.75 Å². The number of carbonyl (C=O) groups excluding carboxylic acids is 1. The monoisotopic (exact) mass is 282 g/mol. The summed E-state index contributed by atoms with van der Waals surface area (Å²) < 4.78 is 28.2. The average molecular weight is 282 g/mol. The molecule has 6 heteroatoms. The summed E-state index contributed by atoms with van der Waals surface area (Å²) >= 11 is 0. The molecule has 0 aliphatic carbocycles. The lowest BCUT2D eigenvalue weighted by molar-refractivity contribution is -0.0498. The Morgan fingerprint density at radius 3 is 2.70 bits per heavy atom. The lowest BCUT2D eigenvalue weighted by Gasteiger charge is -2.14. The Kier molecular flexibility index (Phi) is 5.06. The number of nitrogens with one attached hydrogen (secondary N) is 2. The summed E-state index contributed by atoms with van der Waals surface area (Å²) in [7, 11) is 0. The molecule has 1 aliphatic heterocycles. The molecular formula is C14H16F2N2O2. The number of rotatable bonds is 5. The summed E-state index contributed by atoms with van der Waals surface area (Å²) in [4.78, 5) is 11.9. The number of amides is 1. The maximum absolute atomic E-state index is 12.0. The summed E-state index contributed by atoms with van der Waals surface area (Å²) in [6, 6.07) is 5.63. The standard InChI is InChI=1S/C14H16F2N2O2/c15-14(16)20-12-3-1-11(2-4-12)13(19)18-9-10-5-7-17-8-6-10/h1-5,14,17H,6-9H2,(H,18,19). The summed E-state index contributed by atoms with van der Waals surface area (Å²) in [5, 5.41) is 6.00. The van der Waals surface area contributed by atoms with E-state index in [0.29, 0.717) is 12.1 Å². The zero-order valence-corrected chi connectivity index (χ0v) is 10.9. The van der Waals surface area contributed by atoms with Crippen molar-refractivity contribution >= 4 is 5.91 Å². The third-order valence-corrected chi connectivity index (χ3v) is 2.98. The summed E-state index contributed by atoms with van der Waals surface area (Å²) in [6.07, 6.45) is 2.98. The Labute approximate surface area is 115 Å². The van der Waals surface area contributed by atoms with Crippen molar-refractivity contribution < 1.29 is 18.3 Å². The maximum Gasteiger partial charge on any atom is 0.387 e. The molecule has 1 heterocycles. The average Bonchev–Trinajstić information content (AvgIpc) is 2.46. The van der Waals surface area contributed by atoms with Crippen LogP contribution in [-0.4, -0.2) is 32.2 Å². The van der Waals surface area contributed by atoms with E-state index in [4.69, 9.17) is 0 Å². The number of benzene rings is 1. The number of hydrogen-bond acceptors (Lipinski definition) is 3. The largest absolute Gasteiger partial charge is 0.435 e. The van der Waals surface area contributed by atoms with E-state index in [2.05, 4.69) is 21.4 Å². The second-order valence-electron chi connectivity index (χ2n) is 4.40. The molecule has 1 aromatic rings. The van der Waals surface area contributed by atoms with Crippen molar-refractivity contribution in [3.63, 3.8) is 0 Å². The third kappa shape index (κ3) is 4.31. The Morgan fingerprint density at radius 2 is 2.10 bits per heavy atom. The van der Waals surface area contributed by atoms with Crippen LogP contribution in [-0.2, 0) is 0 Å². The molecule has 0 radical (unpaired) electrons. The number of alkyl halides is 2. The van der Waals surface area contributed by atoms with Gasteiger partial charge in [-0.15, -0.1) is 0 Å². The van der Waals surface area contributed by atoms with Crippen molar-refractivity contribution in [2.75, 3.05) is 19.6 Å². The molecule has 0 aromatic heterocycles. The van der Waals surface area contributed by atoms with Crippen LogP contribution in [0, 0.1) is 0 Å². The molecule has 4 nitrogen and oxygen atoms in total. The van der Waals surface area contributed by atoms with Crippen LogP contribution in [0.25, 0.3) is 0 Å². The van der Waals surface area contributed by atoms with Gasteiger partial charge in [0, 0.05) is 18.7 Å². The first-order chi connectivity index (χ1) is 9.65. The molecule has 0 fully saturated rings. The van der Waals surface area contributed by atoms with Gasteiger partial charge in [0.1, 0.15) is 5.75 Å². The van der Waals surface area contributed by atoms with Crippen LogP contribution in [0.3, 0.4) is 0 Å². The Balaban J connectivity index is 1.87. The van der Waals surface area contributed by atoms with E-state index in [0.717, 1.165) is 19.5 Å². The Morgan fingerprint density at radius 1 is 1.35 bits per heavy atom. The topological polar surface area (TPSA) is 50.4 Å². The molecule has 0 spiro atoms. The third-order valence-electron chi connectivity index (χ3n) is 2.98. The summed E-state index contributed by atoms with van der Waals surface area (Å²) in [6.45, 7) is -0.608. The van der Waals surface area contributed by atoms with Crippen molar-refractivity contribution in [3.8, 4) is 5.75 Å². The van der Waals surface area contributed by atoms with Crippen LogP contribution in [0.4, 0.5) is 8.78 Å². The molecule has 0 saturated carbocycles. The normalized spacial score (nSPS) is 14.8. The smallest absolute Gasteiger partial charge is 0.387 e. The predicted octanol–water partition coefficient (Wildman–Crippen LogP) is 1.94. The molecule has 2 N–H and O–H groups in total. The van der Waals surface area contributed by atoms with Gasteiger partial charge in [-0.05, 0) is 37.2 Å². The summed E-state index contributed by atoms with van der Waals surface area (Å²) in [5.74, 6) is -0.189. The van der Waals surface area contributed by atoms with Crippen LogP contribution in [0.1, 0.15) is 16.8 Å². The fraction of sp³-hybridized carbons (Fsp3) is 0.357. The van der Waals surface area contributed by atoms with Gasteiger partial charge in [-0.2, -0.15) is 8.78 Å². The Bertz CT molecular complexity index is 486. The summed E-state index contributed by atoms with van der Waals surface area (Å²) in [5.41, 5.74) is 1.61.